The first-order valence-electron chi connectivity index (χ1n) is 6.91. The van der Waals surface area contributed by atoms with E-state index in [-0.39, 0.29) is 6.10 Å². The van der Waals surface area contributed by atoms with Gasteiger partial charge in [0.25, 0.3) is 0 Å². The number of ether oxygens (including phenoxy) is 4. The van der Waals surface area contributed by atoms with E-state index >= 15 is 0 Å². The van der Waals surface area contributed by atoms with Gasteiger partial charge >= 0.3 is 0 Å². The molecule has 2 rings (SSSR count). The molecule has 0 atom stereocenters. The second-order valence-electron chi connectivity index (χ2n) is 4.57. The van der Waals surface area contributed by atoms with E-state index in [4.69, 9.17) is 14.2 Å². The molecule has 0 aliphatic rings. The molecule has 0 aliphatic carbocycles. The number of benzene rings is 2. The molecular formula is C18H24O4. The van der Waals surface area contributed by atoms with E-state index in [9.17, 15) is 0 Å². The van der Waals surface area contributed by atoms with Crippen LogP contribution in [0, 0.1) is 0 Å². The SMILES string of the molecule is COC.COc1ccc(C(OC)c2ccc(OC)cc2)cc1. The molecule has 0 saturated heterocycles. The Morgan fingerprint density at radius 3 is 1.14 bits per heavy atom. The Morgan fingerprint density at radius 1 is 0.591 bits per heavy atom. The van der Waals surface area contributed by atoms with Gasteiger partial charge in [-0.05, 0) is 35.4 Å². The highest BCUT2D eigenvalue weighted by Gasteiger charge is 2.13. The Morgan fingerprint density at radius 2 is 0.909 bits per heavy atom. The standard InChI is InChI=1S/C16H18O3.C2H6O/c1-17-14-8-4-12(5-9-14)16(19-3)13-6-10-15(18-2)11-7-13;1-3-2/h4-11,16H,1-3H3;1-2H3. The highest BCUT2D eigenvalue weighted by Crippen LogP contribution is 2.28. The van der Waals surface area contributed by atoms with Crippen LogP contribution in [0.1, 0.15) is 17.2 Å². The molecule has 4 nitrogen and oxygen atoms in total. The highest BCUT2D eigenvalue weighted by molar-refractivity contribution is 5.36. The lowest BCUT2D eigenvalue weighted by Crippen LogP contribution is -2.03. The lowest BCUT2D eigenvalue weighted by Gasteiger charge is -2.17. The molecule has 2 aromatic rings. The van der Waals surface area contributed by atoms with E-state index in [1.807, 2.05) is 48.5 Å². The Bertz CT molecular complexity index is 472. The van der Waals surface area contributed by atoms with Gasteiger partial charge in [0.05, 0.1) is 14.2 Å². The van der Waals surface area contributed by atoms with E-state index in [1.54, 1.807) is 35.5 Å². The molecule has 0 aromatic heterocycles. The summed E-state index contributed by atoms with van der Waals surface area (Å²) in [6.07, 6.45) is -0.0863. The number of rotatable bonds is 5. The van der Waals surface area contributed by atoms with Gasteiger partial charge in [0, 0.05) is 21.3 Å². The maximum atomic E-state index is 5.59. The summed E-state index contributed by atoms with van der Waals surface area (Å²) in [4.78, 5) is 0. The maximum Gasteiger partial charge on any atom is 0.118 e. The van der Waals surface area contributed by atoms with E-state index in [0.717, 1.165) is 22.6 Å². The number of hydrogen-bond acceptors (Lipinski definition) is 4. The molecule has 2 aromatic carbocycles. The van der Waals surface area contributed by atoms with Crippen LogP contribution in [0.4, 0.5) is 0 Å². The van der Waals surface area contributed by atoms with Gasteiger partial charge in [0.2, 0.25) is 0 Å². The zero-order valence-electron chi connectivity index (χ0n) is 13.8. The molecule has 0 aliphatic heterocycles. The molecule has 0 unspecified atom stereocenters. The Hall–Kier alpha value is -2.04. The number of hydrogen-bond donors (Lipinski definition) is 0. The van der Waals surface area contributed by atoms with Crippen molar-refractivity contribution in [2.75, 3.05) is 35.5 Å². The van der Waals surface area contributed by atoms with Crippen molar-refractivity contribution < 1.29 is 18.9 Å². The monoisotopic (exact) mass is 304 g/mol. The van der Waals surface area contributed by atoms with E-state index in [2.05, 4.69) is 4.74 Å². The average Bonchev–Trinajstić information content (AvgIpc) is 2.57. The third-order valence-corrected chi connectivity index (χ3v) is 3.07. The van der Waals surface area contributed by atoms with Gasteiger partial charge in [0.1, 0.15) is 17.6 Å². The van der Waals surface area contributed by atoms with E-state index in [0.29, 0.717) is 0 Å². The quantitative estimate of drug-likeness (QED) is 0.844. The number of methoxy groups -OCH3 is 4. The third-order valence-electron chi connectivity index (χ3n) is 3.07. The highest BCUT2D eigenvalue weighted by atomic mass is 16.5. The topological polar surface area (TPSA) is 36.9 Å². The van der Waals surface area contributed by atoms with Crippen molar-refractivity contribution >= 4 is 0 Å². The van der Waals surface area contributed by atoms with E-state index < -0.39 is 0 Å². The predicted molar refractivity (Wildman–Crippen MR) is 87.8 cm³/mol. The normalized spacial score (nSPS) is 9.91. The van der Waals surface area contributed by atoms with Crippen molar-refractivity contribution in [1.29, 1.82) is 0 Å². The van der Waals surface area contributed by atoms with Crippen LogP contribution in [0.25, 0.3) is 0 Å². The van der Waals surface area contributed by atoms with Crippen molar-refractivity contribution in [3.63, 3.8) is 0 Å². The van der Waals surface area contributed by atoms with Gasteiger partial charge in [-0.25, -0.2) is 0 Å². The fraction of sp³-hybridized carbons (Fsp3) is 0.333. The van der Waals surface area contributed by atoms with Crippen molar-refractivity contribution in [1.82, 2.24) is 0 Å². The van der Waals surface area contributed by atoms with Crippen molar-refractivity contribution in [3.8, 4) is 11.5 Å². The Kier molecular flexibility index (Phi) is 8.04. The first-order valence-corrected chi connectivity index (χ1v) is 6.91. The largest absolute Gasteiger partial charge is 0.497 e. The van der Waals surface area contributed by atoms with Gasteiger partial charge in [-0.15, -0.1) is 0 Å². The van der Waals surface area contributed by atoms with Crippen LogP contribution in [0.5, 0.6) is 11.5 Å². The maximum absolute atomic E-state index is 5.59. The molecule has 0 saturated carbocycles. The molecule has 0 heterocycles. The van der Waals surface area contributed by atoms with Crippen LogP contribution in [0.15, 0.2) is 48.5 Å². The summed E-state index contributed by atoms with van der Waals surface area (Å²) in [5.41, 5.74) is 2.18. The summed E-state index contributed by atoms with van der Waals surface area (Å²) >= 11 is 0. The molecule has 120 valence electrons. The molecule has 0 fully saturated rings. The van der Waals surface area contributed by atoms with Crippen LogP contribution >= 0.6 is 0 Å². The second-order valence-corrected chi connectivity index (χ2v) is 4.57. The summed E-state index contributed by atoms with van der Waals surface area (Å²) in [7, 11) is 8.28. The molecule has 0 radical (unpaired) electrons. The van der Waals surface area contributed by atoms with E-state index in [1.165, 1.54) is 0 Å². The predicted octanol–water partition coefficient (Wildman–Crippen LogP) is 3.70. The molecule has 22 heavy (non-hydrogen) atoms. The first kappa shape index (κ1) is 18.0. The van der Waals surface area contributed by atoms with Crippen LogP contribution < -0.4 is 9.47 Å². The van der Waals surface area contributed by atoms with Gasteiger partial charge in [-0.2, -0.15) is 0 Å². The van der Waals surface area contributed by atoms with Crippen LogP contribution in [0.3, 0.4) is 0 Å². The zero-order valence-corrected chi connectivity index (χ0v) is 13.8. The summed E-state index contributed by atoms with van der Waals surface area (Å²) in [5.74, 6) is 1.68. The minimum atomic E-state index is -0.0863. The average molecular weight is 304 g/mol. The fourth-order valence-electron chi connectivity index (χ4n) is 2.02. The van der Waals surface area contributed by atoms with Gasteiger partial charge in [0.15, 0.2) is 0 Å². The Balaban J connectivity index is 0.000000745. The second kappa shape index (κ2) is 9.82. The minimum absolute atomic E-state index is 0.0863. The molecule has 0 amide bonds. The molecule has 0 bridgehead atoms. The molecule has 0 N–H and O–H groups in total. The van der Waals surface area contributed by atoms with Crippen molar-refractivity contribution in [3.05, 3.63) is 59.7 Å². The summed E-state index contributed by atoms with van der Waals surface area (Å²) in [6.45, 7) is 0. The van der Waals surface area contributed by atoms with Crippen molar-refractivity contribution in [2.24, 2.45) is 0 Å². The smallest absolute Gasteiger partial charge is 0.118 e. The first-order chi connectivity index (χ1) is 10.7. The van der Waals surface area contributed by atoms with Gasteiger partial charge in [-0.1, -0.05) is 24.3 Å². The molecular weight excluding hydrogens is 280 g/mol. The van der Waals surface area contributed by atoms with Crippen molar-refractivity contribution in [2.45, 2.75) is 6.10 Å². The Labute approximate surface area is 132 Å². The minimum Gasteiger partial charge on any atom is -0.497 e. The molecule has 0 spiro atoms. The summed E-state index contributed by atoms with van der Waals surface area (Å²) in [5, 5.41) is 0. The lowest BCUT2D eigenvalue weighted by atomic mass is 10.0. The zero-order chi connectivity index (χ0) is 16.4. The lowest BCUT2D eigenvalue weighted by molar-refractivity contribution is 0.136. The van der Waals surface area contributed by atoms with Crippen LogP contribution in [-0.4, -0.2) is 35.5 Å². The fourth-order valence-corrected chi connectivity index (χ4v) is 2.02. The molecule has 4 heteroatoms. The summed E-state index contributed by atoms with van der Waals surface area (Å²) in [6, 6.07) is 15.8. The van der Waals surface area contributed by atoms with Crippen LogP contribution in [0.2, 0.25) is 0 Å². The van der Waals surface area contributed by atoms with Crippen LogP contribution in [-0.2, 0) is 9.47 Å². The van der Waals surface area contributed by atoms with Gasteiger partial charge < -0.3 is 18.9 Å². The third kappa shape index (κ3) is 5.06. The summed E-state index contributed by atoms with van der Waals surface area (Å²) < 4.78 is 20.2. The van der Waals surface area contributed by atoms with Gasteiger partial charge in [-0.3, -0.25) is 0 Å².